The van der Waals surface area contributed by atoms with Gasteiger partial charge in [-0.1, -0.05) is 44.0 Å². The highest BCUT2D eigenvalue weighted by atomic mass is 16.2. The van der Waals surface area contributed by atoms with Crippen molar-refractivity contribution in [2.45, 2.75) is 65.0 Å². The summed E-state index contributed by atoms with van der Waals surface area (Å²) in [6.45, 7) is 5.69. The maximum atomic E-state index is 11.8. The summed E-state index contributed by atoms with van der Waals surface area (Å²) in [4.78, 5) is 18.1. The van der Waals surface area contributed by atoms with E-state index in [1.165, 1.54) is 43.2 Å². The molecule has 0 aromatic heterocycles. The zero-order valence-electron chi connectivity index (χ0n) is 16.9. The minimum atomic E-state index is 0.280. The van der Waals surface area contributed by atoms with Crippen molar-refractivity contribution in [3.8, 4) is 0 Å². The number of carbonyl (C=O) groups is 1. The van der Waals surface area contributed by atoms with Gasteiger partial charge in [-0.05, 0) is 42.2 Å². The molecule has 1 saturated heterocycles. The van der Waals surface area contributed by atoms with Crippen molar-refractivity contribution < 1.29 is 4.79 Å². The standard InChI is InChI=1S/C22H34N4O/c1-3-22(12-4-5-13-22)17-25-21(23-2)24-15-18-8-10-19(11-9-18)16-26-14-6-7-20(26)27/h8-11H,3-7,12-17H2,1-2H3,(H2,23,24,25). The summed E-state index contributed by atoms with van der Waals surface area (Å²) >= 11 is 0. The highest BCUT2D eigenvalue weighted by Gasteiger charge is 2.31. The van der Waals surface area contributed by atoms with E-state index in [4.69, 9.17) is 0 Å². The van der Waals surface area contributed by atoms with Crippen LogP contribution in [0.5, 0.6) is 0 Å². The first-order valence-electron chi connectivity index (χ1n) is 10.4. The molecule has 1 aliphatic heterocycles. The number of aliphatic imine (C=N–C) groups is 1. The molecule has 2 N–H and O–H groups in total. The number of benzene rings is 1. The number of guanidine groups is 1. The van der Waals surface area contributed by atoms with E-state index in [1.54, 1.807) is 0 Å². The van der Waals surface area contributed by atoms with Crippen LogP contribution in [0.1, 0.15) is 63.0 Å². The van der Waals surface area contributed by atoms with Gasteiger partial charge in [-0.15, -0.1) is 0 Å². The van der Waals surface area contributed by atoms with Crippen molar-refractivity contribution in [1.82, 2.24) is 15.5 Å². The van der Waals surface area contributed by atoms with Gasteiger partial charge in [0, 0.05) is 39.6 Å². The molecule has 0 unspecified atom stereocenters. The summed E-state index contributed by atoms with van der Waals surface area (Å²) in [5, 5.41) is 6.96. The molecule has 0 bridgehead atoms. The average Bonchev–Trinajstić information content (AvgIpc) is 3.33. The van der Waals surface area contributed by atoms with Gasteiger partial charge in [0.15, 0.2) is 5.96 Å². The fourth-order valence-electron chi connectivity index (χ4n) is 4.31. The Hall–Kier alpha value is -2.04. The third-order valence-electron chi connectivity index (χ3n) is 6.30. The second-order valence-electron chi connectivity index (χ2n) is 8.08. The van der Waals surface area contributed by atoms with Gasteiger partial charge in [-0.3, -0.25) is 9.79 Å². The number of hydrogen-bond donors (Lipinski definition) is 2. The van der Waals surface area contributed by atoms with E-state index < -0.39 is 0 Å². The van der Waals surface area contributed by atoms with Crippen molar-refractivity contribution in [3.63, 3.8) is 0 Å². The number of rotatable bonds is 7. The predicted octanol–water partition coefficient (Wildman–Crippen LogP) is 3.44. The maximum Gasteiger partial charge on any atom is 0.222 e. The topological polar surface area (TPSA) is 56.7 Å². The smallest absolute Gasteiger partial charge is 0.222 e. The lowest BCUT2D eigenvalue weighted by molar-refractivity contribution is -0.128. The SMILES string of the molecule is CCC1(CNC(=NC)NCc2ccc(CN3CCCC3=O)cc2)CCCC1. The van der Waals surface area contributed by atoms with Crippen LogP contribution in [0.3, 0.4) is 0 Å². The molecule has 2 aliphatic rings. The van der Waals surface area contributed by atoms with Crippen molar-refractivity contribution in [1.29, 1.82) is 0 Å². The van der Waals surface area contributed by atoms with E-state index >= 15 is 0 Å². The Balaban J connectivity index is 1.46. The Kier molecular flexibility index (Phi) is 6.75. The predicted molar refractivity (Wildman–Crippen MR) is 110 cm³/mol. The maximum absolute atomic E-state index is 11.8. The fourth-order valence-corrected chi connectivity index (χ4v) is 4.31. The Morgan fingerprint density at radius 1 is 1.11 bits per heavy atom. The molecule has 1 aliphatic carbocycles. The molecule has 0 spiro atoms. The lowest BCUT2D eigenvalue weighted by atomic mass is 9.83. The molecule has 3 rings (SSSR count). The van der Waals surface area contributed by atoms with Crippen molar-refractivity contribution in [2.75, 3.05) is 20.1 Å². The van der Waals surface area contributed by atoms with Crippen LogP contribution in [0.2, 0.25) is 0 Å². The van der Waals surface area contributed by atoms with Crippen LogP contribution in [-0.4, -0.2) is 36.9 Å². The van der Waals surface area contributed by atoms with Gasteiger partial charge in [0.25, 0.3) is 0 Å². The molecule has 0 atom stereocenters. The lowest BCUT2D eigenvalue weighted by Crippen LogP contribution is -2.42. The molecule has 1 amide bonds. The first-order chi connectivity index (χ1) is 13.1. The van der Waals surface area contributed by atoms with Gasteiger partial charge >= 0.3 is 0 Å². The van der Waals surface area contributed by atoms with E-state index in [9.17, 15) is 4.79 Å². The van der Waals surface area contributed by atoms with E-state index in [-0.39, 0.29) is 5.91 Å². The van der Waals surface area contributed by atoms with Crippen LogP contribution in [-0.2, 0) is 17.9 Å². The van der Waals surface area contributed by atoms with Crippen LogP contribution in [0.4, 0.5) is 0 Å². The summed E-state index contributed by atoms with van der Waals surface area (Å²) in [6, 6.07) is 8.54. The molecule has 0 radical (unpaired) electrons. The minimum Gasteiger partial charge on any atom is -0.356 e. The fraction of sp³-hybridized carbons (Fsp3) is 0.636. The van der Waals surface area contributed by atoms with Gasteiger partial charge in [-0.25, -0.2) is 0 Å². The quantitative estimate of drug-likeness (QED) is 0.571. The molecule has 1 saturated carbocycles. The Morgan fingerprint density at radius 3 is 2.41 bits per heavy atom. The molecular formula is C22H34N4O. The van der Waals surface area contributed by atoms with Gasteiger partial charge in [0.1, 0.15) is 0 Å². The highest BCUT2D eigenvalue weighted by molar-refractivity contribution is 5.79. The van der Waals surface area contributed by atoms with E-state index in [0.717, 1.165) is 38.6 Å². The number of carbonyl (C=O) groups excluding carboxylic acids is 1. The van der Waals surface area contributed by atoms with Gasteiger partial charge in [-0.2, -0.15) is 0 Å². The average molecular weight is 371 g/mol. The Morgan fingerprint density at radius 2 is 1.81 bits per heavy atom. The lowest BCUT2D eigenvalue weighted by Gasteiger charge is -2.28. The molecule has 1 heterocycles. The number of nitrogens with one attached hydrogen (secondary N) is 2. The number of likely N-dealkylation sites (tertiary alicyclic amines) is 1. The summed E-state index contributed by atoms with van der Waals surface area (Å²) in [7, 11) is 1.83. The summed E-state index contributed by atoms with van der Waals surface area (Å²) < 4.78 is 0. The van der Waals surface area contributed by atoms with Crippen LogP contribution >= 0.6 is 0 Å². The zero-order valence-corrected chi connectivity index (χ0v) is 16.9. The molecule has 1 aromatic rings. The van der Waals surface area contributed by atoms with Crippen molar-refractivity contribution >= 4 is 11.9 Å². The molecular weight excluding hydrogens is 336 g/mol. The minimum absolute atomic E-state index is 0.280. The van der Waals surface area contributed by atoms with E-state index in [2.05, 4.69) is 46.8 Å². The second-order valence-corrected chi connectivity index (χ2v) is 8.08. The number of nitrogens with zero attached hydrogens (tertiary/aromatic N) is 2. The third kappa shape index (κ3) is 5.24. The molecule has 5 nitrogen and oxygen atoms in total. The number of hydrogen-bond acceptors (Lipinski definition) is 2. The van der Waals surface area contributed by atoms with Crippen LogP contribution in [0, 0.1) is 5.41 Å². The van der Waals surface area contributed by atoms with Crippen molar-refractivity contribution in [2.24, 2.45) is 10.4 Å². The van der Waals surface area contributed by atoms with Gasteiger partial charge in [0.05, 0.1) is 0 Å². The molecule has 1 aromatic carbocycles. The first-order valence-corrected chi connectivity index (χ1v) is 10.4. The van der Waals surface area contributed by atoms with Gasteiger partial charge in [0.2, 0.25) is 5.91 Å². The largest absolute Gasteiger partial charge is 0.356 e. The van der Waals surface area contributed by atoms with Crippen LogP contribution < -0.4 is 10.6 Å². The van der Waals surface area contributed by atoms with E-state index in [0.29, 0.717) is 11.8 Å². The van der Waals surface area contributed by atoms with Crippen LogP contribution in [0.25, 0.3) is 0 Å². The second kappa shape index (κ2) is 9.25. The highest BCUT2D eigenvalue weighted by Crippen LogP contribution is 2.40. The van der Waals surface area contributed by atoms with Crippen LogP contribution in [0.15, 0.2) is 29.3 Å². The Labute approximate surface area is 163 Å². The normalized spacial score (nSPS) is 19.6. The molecule has 5 heteroatoms. The molecule has 27 heavy (non-hydrogen) atoms. The summed E-state index contributed by atoms with van der Waals surface area (Å²) in [5.41, 5.74) is 2.87. The van der Waals surface area contributed by atoms with E-state index in [1.807, 2.05) is 11.9 Å². The summed E-state index contributed by atoms with van der Waals surface area (Å²) in [6.07, 6.45) is 8.30. The van der Waals surface area contributed by atoms with Crippen molar-refractivity contribution in [3.05, 3.63) is 35.4 Å². The zero-order chi connectivity index (χ0) is 19.1. The molecule has 148 valence electrons. The number of amides is 1. The molecule has 2 fully saturated rings. The van der Waals surface area contributed by atoms with Gasteiger partial charge < -0.3 is 15.5 Å². The Bertz CT molecular complexity index is 647. The third-order valence-corrected chi connectivity index (χ3v) is 6.30. The first kappa shape index (κ1) is 19.7. The summed E-state index contributed by atoms with van der Waals surface area (Å²) in [5.74, 6) is 1.16. The monoisotopic (exact) mass is 370 g/mol.